The van der Waals surface area contributed by atoms with Gasteiger partial charge in [0.25, 0.3) is 5.91 Å². The molecule has 0 unspecified atom stereocenters. The summed E-state index contributed by atoms with van der Waals surface area (Å²) >= 11 is 0. The van der Waals surface area contributed by atoms with Crippen LogP contribution in [0.1, 0.15) is 17.4 Å². The highest BCUT2D eigenvalue weighted by molar-refractivity contribution is 5.92. The van der Waals surface area contributed by atoms with E-state index in [1.165, 1.54) is 0 Å². The smallest absolute Gasteiger partial charge is 0.269 e. The zero-order valence-electron chi connectivity index (χ0n) is 10.6. The van der Waals surface area contributed by atoms with E-state index in [4.69, 9.17) is 4.74 Å². The largest absolute Gasteiger partial charge is 0.379 e. The molecule has 5 heteroatoms. The molecule has 1 amide bonds. The maximum absolute atomic E-state index is 11.8. The minimum Gasteiger partial charge on any atom is -0.379 e. The lowest BCUT2D eigenvalue weighted by Crippen LogP contribution is -2.47. The van der Waals surface area contributed by atoms with Crippen LogP contribution in [0.3, 0.4) is 0 Å². The van der Waals surface area contributed by atoms with Crippen molar-refractivity contribution in [2.24, 2.45) is 0 Å². The molecular formula is C13H19N3O2. The number of rotatable bonds is 4. The second-order valence-corrected chi connectivity index (χ2v) is 4.42. The third-order valence-electron chi connectivity index (χ3n) is 3.12. The number of amides is 1. The molecule has 0 aliphatic carbocycles. The summed E-state index contributed by atoms with van der Waals surface area (Å²) < 4.78 is 5.31. The van der Waals surface area contributed by atoms with E-state index in [0.29, 0.717) is 18.3 Å². The second kappa shape index (κ2) is 6.47. The lowest BCUT2D eigenvalue weighted by molar-refractivity contribution is 0.0204. The molecule has 1 atom stereocenters. The third kappa shape index (κ3) is 3.51. The first-order valence-corrected chi connectivity index (χ1v) is 6.28. The third-order valence-corrected chi connectivity index (χ3v) is 3.12. The van der Waals surface area contributed by atoms with Crippen molar-refractivity contribution >= 4 is 5.91 Å². The Balaban J connectivity index is 1.78. The van der Waals surface area contributed by atoms with E-state index in [1.807, 2.05) is 6.07 Å². The SMILES string of the molecule is C[C@@H](CNC(=O)c1ccccn1)N1CCOCC1. The molecule has 1 aromatic heterocycles. The van der Waals surface area contributed by atoms with Gasteiger partial charge in [-0.25, -0.2) is 0 Å². The molecule has 18 heavy (non-hydrogen) atoms. The van der Waals surface area contributed by atoms with E-state index >= 15 is 0 Å². The molecule has 0 spiro atoms. The standard InChI is InChI=1S/C13H19N3O2/c1-11(16-6-8-18-9-7-16)10-15-13(17)12-4-2-3-5-14-12/h2-5,11H,6-10H2,1H3,(H,15,17)/t11-/m0/s1. The first-order chi connectivity index (χ1) is 8.77. The summed E-state index contributed by atoms with van der Waals surface area (Å²) in [6, 6.07) is 5.65. The Hall–Kier alpha value is -1.46. The summed E-state index contributed by atoms with van der Waals surface area (Å²) in [6.07, 6.45) is 1.63. The number of hydrogen-bond acceptors (Lipinski definition) is 4. The first-order valence-electron chi connectivity index (χ1n) is 6.28. The predicted molar refractivity (Wildman–Crippen MR) is 68.4 cm³/mol. The molecule has 1 saturated heterocycles. The summed E-state index contributed by atoms with van der Waals surface area (Å²) in [5.41, 5.74) is 0.465. The second-order valence-electron chi connectivity index (χ2n) is 4.42. The van der Waals surface area contributed by atoms with Crippen LogP contribution in [0.4, 0.5) is 0 Å². The summed E-state index contributed by atoms with van der Waals surface area (Å²) in [5.74, 6) is -0.115. The van der Waals surface area contributed by atoms with Gasteiger partial charge in [-0.2, -0.15) is 0 Å². The average molecular weight is 249 g/mol. The topological polar surface area (TPSA) is 54.5 Å². The van der Waals surface area contributed by atoms with Crippen LogP contribution in [-0.4, -0.2) is 54.7 Å². The molecule has 98 valence electrons. The quantitative estimate of drug-likeness (QED) is 0.846. The van der Waals surface area contributed by atoms with Crippen LogP contribution in [-0.2, 0) is 4.74 Å². The minimum absolute atomic E-state index is 0.115. The summed E-state index contributed by atoms with van der Waals surface area (Å²) in [6.45, 7) is 6.16. The summed E-state index contributed by atoms with van der Waals surface area (Å²) in [4.78, 5) is 18.2. The van der Waals surface area contributed by atoms with Crippen LogP contribution >= 0.6 is 0 Å². The van der Waals surface area contributed by atoms with Gasteiger partial charge in [0, 0.05) is 31.9 Å². The van der Waals surface area contributed by atoms with Crippen LogP contribution in [0.5, 0.6) is 0 Å². The van der Waals surface area contributed by atoms with Crippen LogP contribution in [0, 0.1) is 0 Å². The Morgan fingerprint density at radius 2 is 2.28 bits per heavy atom. The van der Waals surface area contributed by atoms with E-state index in [9.17, 15) is 4.79 Å². The molecular weight excluding hydrogens is 230 g/mol. The van der Waals surface area contributed by atoms with Gasteiger partial charge in [-0.15, -0.1) is 0 Å². The number of morpholine rings is 1. The number of pyridine rings is 1. The monoisotopic (exact) mass is 249 g/mol. The normalized spacial score (nSPS) is 18.3. The van der Waals surface area contributed by atoms with Crippen molar-refractivity contribution in [3.05, 3.63) is 30.1 Å². The van der Waals surface area contributed by atoms with Crippen molar-refractivity contribution in [2.75, 3.05) is 32.8 Å². The van der Waals surface area contributed by atoms with E-state index in [1.54, 1.807) is 18.3 Å². The van der Waals surface area contributed by atoms with Gasteiger partial charge in [0.05, 0.1) is 13.2 Å². The number of nitrogens with zero attached hydrogens (tertiary/aromatic N) is 2. The molecule has 0 aromatic carbocycles. The van der Waals surface area contributed by atoms with Crippen molar-refractivity contribution in [1.29, 1.82) is 0 Å². The van der Waals surface area contributed by atoms with E-state index in [2.05, 4.69) is 22.1 Å². The average Bonchev–Trinajstić information content (AvgIpc) is 2.46. The van der Waals surface area contributed by atoms with Gasteiger partial charge in [-0.1, -0.05) is 6.07 Å². The number of hydrogen-bond donors (Lipinski definition) is 1. The fourth-order valence-corrected chi connectivity index (χ4v) is 1.98. The van der Waals surface area contributed by atoms with Crippen molar-refractivity contribution in [3.63, 3.8) is 0 Å². The molecule has 1 aliphatic heterocycles. The van der Waals surface area contributed by atoms with Gasteiger partial charge in [0.15, 0.2) is 0 Å². The maximum Gasteiger partial charge on any atom is 0.269 e. The molecule has 0 radical (unpaired) electrons. The number of ether oxygens (including phenoxy) is 1. The fraction of sp³-hybridized carbons (Fsp3) is 0.538. The zero-order chi connectivity index (χ0) is 12.8. The van der Waals surface area contributed by atoms with Gasteiger partial charge in [0.2, 0.25) is 0 Å². The minimum atomic E-state index is -0.115. The van der Waals surface area contributed by atoms with Crippen molar-refractivity contribution in [1.82, 2.24) is 15.2 Å². The van der Waals surface area contributed by atoms with E-state index in [-0.39, 0.29) is 5.91 Å². The number of aromatic nitrogens is 1. The first kappa shape index (κ1) is 13.0. The maximum atomic E-state index is 11.8. The Bertz CT molecular complexity index is 377. The van der Waals surface area contributed by atoms with Gasteiger partial charge >= 0.3 is 0 Å². The van der Waals surface area contributed by atoms with E-state index in [0.717, 1.165) is 26.3 Å². The highest BCUT2D eigenvalue weighted by Crippen LogP contribution is 2.03. The molecule has 1 fully saturated rings. The summed E-state index contributed by atoms with van der Waals surface area (Å²) in [5, 5.41) is 2.91. The predicted octanol–water partition coefficient (Wildman–Crippen LogP) is 0.532. The van der Waals surface area contributed by atoms with Crippen molar-refractivity contribution < 1.29 is 9.53 Å². The molecule has 1 aromatic rings. The van der Waals surface area contributed by atoms with E-state index < -0.39 is 0 Å². The Kier molecular flexibility index (Phi) is 4.66. The molecule has 1 N–H and O–H groups in total. The molecule has 0 saturated carbocycles. The number of carbonyl (C=O) groups excluding carboxylic acids is 1. The highest BCUT2D eigenvalue weighted by Gasteiger charge is 2.17. The van der Waals surface area contributed by atoms with Crippen LogP contribution in [0.15, 0.2) is 24.4 Å². The van der Waals surface area contributed by atoms with Crippen molar-refractivity contribution in [2.45, 2.75) is 13.0 Å². The van der Waals surface area contributed by atoms with Crippen LogP contribution in [0.2, 0.25) is 0 Å². The number of nitrogens with one attached hydrogen (secondary N) is 1. The van der Waals surface area contributed by atoms with Crippen LogP contribution < -0.4 is 5.32 Å². The Labute approximate surface area is 107 Å². The van der Waals surface area contributed by atoms with Gasteiger partial charge in [0.1, 0.15) is 5.69 Å². The molecule has 5 nitrogen and oxygen atoms in total. The number of carbonyl (C=O) groups is 1. The molecule has 2 rings (SSSR count). The molecule has 1 aliphatic rings. The molecule has 2 heterocycles. The van der Waals surface area contributed by atoms with Gasteiger partial charge in [-0.3, -0.25) is 14.7 Å². The zero-order valence-corrected chi connectivity index (χ0v) is 10.6. The highest BCUT2D eigenvalue weighted by atomic mass is 16.5. The summed E-state index contributed by atoms with van der Waals surface area (Å²) in [7, 11) is 0. The lowest BCUT2D eigenvalue weighted by atomic mass is 10.2. The van der Waals surface area contributed by atoms with Crippen molar-refractivity contribution in [3.8, 4) is 0 Å². The Morgan fingerprint density at radius 1 is 1.50 bits per heavy atom. The molecule has 0 bridgehead atoms. The lowest BCUT2D eigenvalue weighted by Gasteiger charge is -2.32. The fourth-order valence-electron chi connectivity index (χ4n) is 1.98. The van der Waals surface area contributed by atoms with Crippen LogP contribution in [0.25, 0.3) is 0 Å². The Morgan fingerprint density at radius 3 is 2.94 bits per heavy atom. The van der Waals surface area contributed by atoms with Gasteiger partial charge in [-0.05, 0) is 19.1 Å². The van der Waals surface area contributed by atoms with Gasteiger partial charge < -0.3 is 10.1 Å².